The lowest BCUT2D eigenvalue weighted by molar-refractivity contribution is -0.152. The van der Waals surface area contributed by atoms with Crippen LogP contribution in [0.4, 0.5) is 18.9 Å². The molecule has 0 bridgehead atoms. The van der Waals surface area contributed by atoms with E-state index in [2.05, 4.69) is 10.6 Å². The summed E-state index contributed by atoms with van der Waals surface area (Å²) in [7, 11) is 0. The molecule has 2 aromatic rings. The summed E-state index contributed by atoms with van der Waals surface area (Å²) in [5.74, 6) is -2.48. The molecule has 1 atom stereocenters. The fourth-order valence-electron chi connectivity index (χ4n) is 2.24. The molecule has 0 heterocycles. The molecule has 0 fully saturated rings. The summed E-state index contributed by atoms with van der Waals surface area (Å²) >= 11 is 17.7. The molecule has 0 radical (unpaired) electrons. The monoisotopic (exact) mass is 496 g/mol. The molecule has 2 aromatic carbocycles. The normalized spacial score (nSPS) is 12.1. The van der Waals surface area contributed by atoms with Gasteiger partial charge < -0.3 is 15.4 Å². The summed E-state index contributed by atoms with van der Waals surface area (Å²) in [4.78, 5) is 36.0. The molecule has 12 heteroatoms. The smallest absolute Gasteiger partial charge is 0.416 e. The van der Waals surface area contributed by atoms with Gasteiger partial charge in [0.15, 0.2) is 6.10 Å². The number of hydrogen-bond acceptors (Lipinski definition) is 4. The van der Waals surface area contributed by atoms with Crippen LogP contribution in [0.5, 0.6) is 0 Å². The molecule has 6 nitrogen and oxygen atoms in total. The Morgan fingerprint density at radius 3 is 2.10 bits per heavy atom. The lowest BCUT2D eigenvalue weighted by Gasteiger charge is -2.15. The number of nitrogens with one attached hydrogen (secondary N) is 2. The van der Waals surface area contributed by atoms with Gasteiger partial charge in [0.05, 0.1) is 21.3 Å². The van der Waals surface area contributed by atoms with Gasteiger partial charge in [-0.1, -0.05) is 34.8 Å². The summed E-state index contributed by atoms with van der Waals surface area (Å²) < 4.78 is 42.5. The zero-order valence-corrected chi connectivity index (χ0v) is 17.9. The number of halogens is 6. The first-order valence-electron chi connectivity index (χ1n) is 8.49. The fourth-order valence-corrected chi connectivity index (χ4v) is 3.16. The molecule has 31 heavy (non-hydrogen) atoms. The first-order chi connectivity index (χ1) is 14.4. The van der Waals surface area contributed by atoms with E-state index in [0.29, 0.717) is 0 Å². The van der Waals surface area contributed by atoms with Crippen molar-refractivity contribution in [2.24, 2.45) is 0 Å². The number of carbonyl (C=O) groups is 3. The molecule has 0 aliphatic rings. The Kier molecular flexibility index (Phi) is 8.16. The van der Waals surface area contributed by atoms with Crippen molar-refractivity contribution in [3.8, 4) is 0 Å². The molecule has 0 saturated carbocycles. The van der Waals surface area contributed by atoms with Crippen molar-refractivity contribution >= 4 is 58.3 Å². The van der Waals surface area contributed by atoms with Crippen LogP contribution in [0, 0.1) is 0 Å². The van der Waals surface area contributed by atoms with Gasteiger partial charge >= 0.3 is 12.1 Å². The molecule has 2 N–H and O–H groups in total. The standard InChI is InChI=1S/C19H14Cl3F3N2O4/c1-9(17(29)27-16-13(21)6-12(20)7-14(16)22)31-15(28)8-26-18(30)10-2-4-11(5-3-10)19(23,24)25/h2-7,9H,8H2,1H3,(H,26,30)(H,27,29). The van der Waals surface area contributed by atoms with E-state index in [1.165, 1.54) is 19.1 Å². The van der Waals surface area contributed by atoms with Crippen molar-refractivity contribution in [2.75, 3.05) is 11.9 Å². The van der Waals surface area contributed by atoms with E-state index in [1.807, 2.05) is 0 Å². The summed E-state index contributed by atoms with van der Waals surface area (Å²) in [6.07, 6.45) is -5.80. The van der Waals surface area contributed by atoms with Crippen LogP contribution in [0.15, 0.2) is 36.4 Å². The third-order valence-corrected chi connectivity index (χ3v) is 4.61. The van der Waals surface area contributed by atoms with E-state index in [9.17, 15) is 27.6 Å². The van der Waals surface area contributed by atoms with Gasteiger partial charge in [-0.2, -0.15) is 13.2 Å². The van der Waals surface area contributed by atoms with Crippen LogP contribution in [0.25, 0.3) is 0 Å². The van der Waals surface area contributed by atoms with Crippen LogP contribution < -0.4 is 10.6 Å². The molecule has 0 aromatic heterocycles. The van der Waals surface area contributed by atoms with Crippen molar-refractivity contribution < 1.29 is 32.3 Å². The number of carbonyl (C=O) groups excluding carboxylic acids is 3. The minimum atomic E-state index is -4.53. The van der Waals surface area contributed by atoms with E-state index in [-0.39, 0.29) is 26.3 Å². The Morgan fingerprint density at radius 1 is 1.03 bits per heavy atom. The first kappa shape index (κ1) is 24.8. The van der Waals surface area contributed by atoms with Crippen molar-refractivity contribution in [1.82, 2.24) is 5.32 Å². The maximum absolute atomic E-state index is 12.5. The van der Waals surface area contributed by atoms with Crippen molar-refractivity contribution in [2.45, 2.75) is 19.2 Å². The largest absolute Gasteiger partial charge is 0.451 e. The molecule has 0 spiro atoms. The maximum atomic E-state index is 12.5. The number of amides is 2. The summed E-state index contributed by atoms with van der Waals surface area (Å²) in [6, 6.07) is 6.15. The number of alkyl halides is 3. The van der Waals surface area contributed by atoms with Crippen molar-refractivity contribution in [3.05, 3.63) is 62.6 Å². The minimum Gasteiger partial charge on any atom is -0.451 e. The molecule has 0 aliphatic carbocycles. The Hall–Kier alpha value is -2.49. The molecule has 2 amide bonds. The van der Waals surface area contributed by atoms with E-state index < -0.39 is 42.2 Å². The van der Waals surface area contributed by atoms with E-state index >= 15 is 0 Å². The number of ether oxygens (including phenoxy) is 1. The molecule has 0 aliphatic heterocycles. The van der Waals surface area contributed by atoms with E-state index in [1.54, 1.807) is 0 Å². The molecule has 1 unspecified atom stereocenters. The number of anilines is 1. The highest BCUT2D eigenvalue weighted by Crippen LogP contribution is 2.33. The number of rotatable bonds is 6. The predicted octanol–water partition coefficient (Wildman–Crippen LogP) is 4.97. The van der Waals surface area contributed by atoms with Crippen LogP contribution in [-0.2, 0) is 20.5 Å². The highest BCUT2D eigenvalue weighted by atomic mass is 35.5. The van der Waals surface area contributed by atoms with Crippen molar-refractivity contribution in [3.63, 3.8) is 0 Å². The predicted molar refractivity (Wildman–Crippen MR) is 109 cm³/mol. The average molecular weight is 498 g/mol. The summed E-state index contributed by atoms with van der Waals surface area (Å²) in [6.45, 7) is 0.669. The van der Waals surface area contributed by atoms with Gasteiger partial charge in [0.2, 0.25) is 0 Å². The van der Waals surface area contributed by atoms with Gasteiger partial charge in [-0.05, 0) is 43.3 Å². The van der Waals surface area contributed by atoms with Gasteiger partial charge in [-0.25, -0.2) is 0 Å². The van der Waals surface area contributed by atoms with E-state index in [0.717, 1.165) is 24.3 Å². The van der Waals surface area contributed by atoms with Gasteiger partial charge in [-0.3, -0.25) is 14.4 Å². The quantitative estimate of drug-likeness (QED) is 0.552. The molecular formula is C19H14Cl3F3N2O4. The second kappa shape index (κ2) is 10.2. The lowest BCUT2D eigenvalue weighted by atomic mass is 10.1. The highest BCUT2D eigenvalue weighted by Gasteiger charge is 2.30. The van der Waals surface area contributed by atoms with Gasteiger partial charge in [0.25, 0.3) is 11.8 Å². The van der Waals surface area contributed by atoms with Crippen LogP contribution in [0.3, 0.4) is 0 Å². The Bertz CT molecular complexity index is 975. The summed E-state index contributed by atoms with van der Waals surface area (Å²) in [5.41, 5.74) is -0.918. The van der Waals surface area contributed by atoms with E-state index in [4.69, 9.17) is 39.5 Å². The Balaban J connectivity index is 1.88. The zero-order valence-electron chi connectivity index (χ0n) is 15.6. The van der Waals surface area contributed by atoms with Gasteiger partial charge in [0, 0.05) is 10.6 Å². The molecule has 166 valence electrons. The average Bonchev–Trinajstić information content (AvgIpc) is 2.68. The highest BCUT2D eigenvalue weighted by molar-refractivity contribution is 6.42. The van der Waals surface area contributed by atoms with Crippen LogP contribution >= 0.6 is 34.8 Å². The number of esters is 1. The number of benzene rings is 2. The second-order valence-corrected chi connectivity index (χ2v) is 7.37. The fraction of sp³-hybridized carbons (Fsp3) is 0.211. The van der Waals surface area contributed by atoms with Crippen LogP contribution in [-0.4, -0.2) is 30.4 Å². The minimum absolute atomic E-state index is 0.0770. The zero-order chi connectivity index (χ0) is 23.3. The topological polar surface area (TPSA) is 84.5 Å². The second-order valence-electron chi connectivity index (χ2n) is 6.12. The van der Waals surface area contributed by atoms with Crippen LogP contribution in [0.2, 0.25) is 15.1 Å². The third kappa shape index (κ3) is 7.02. The third-order valence-electron chi connectivity index (χ3n) is 3.80. The molecule has 0 saturated heterocycles. The van der Waals surface area contributed by atoms with Gasteiger partial charge in [0.1, 0.15) is 6.54 Å². The SMILES string of the molecule is CC(OC(=O)CNC(=O)c1ccc(C(F)(F)F)cc1)C(=O)Nc1c(Cl)cc(Cl)cc1Cl. The maximum Gasteiger partial charge on any atom is 0.416 e. The first-order valence-corrected chi connectivity index (χ1v) is 9.62. The van der Waals surface area contributed by atoms with Crippen LogP contribution in [0.1, 0.15) is 22.8 Å². The number of hydrogen-bond donors (Lipinski definition) is 2. The van der Waals surface area contributed by atoms with Gasteiger partial charge in [-0.15, -0.1) is 0 Å². The molecular weight excluding hydrogens is 484 g/mol. The Labute approximate surface area is 189 Å². The summed E-state index contributed by atoms with van der Waals surface area (Å²) in [5, 5.41) is 5.01. The Morgan fingerprint density at radius 2 is 1.58 bits per heavy atom. The molecule has 2 rings (SSSR count). The van der Waals surface area contributed by atoms with Crippen molar-refractivity contribution in [1.29, 1.82) is 0 Å². The lowest BCUT2D eigenvalue weighted by Crippen LogP contribution is -2.36.